The first-order valence-corrected chi connectivity index (χ1v) is 6.90. The summed E-state index contributed by atoms with van der Waals surface area (Å²) in [5, 5.41) is 6.01. The van der Waals surface area contributed by atoms with Gasteiger partial charge in [-0.25, -0.2) is 4.39 Å². The fourth-order valence-electron chi connectivity index (χ4n) is 2.47. The van der Waals surface area contributed by atoms with Gasteiger partial charge in [0.2, 0.25) is 5.91 Å². The van der Waals surface area contributed by atoms with Crippen molar-refractivity contribution in [3.05, 3.63) is 29.6 Å². The van der Waals surface area contributed by atoms with Crippen molar-refractivity contribution in [1.29, 1.82) is 0 Å². The van der Waals surface area contributed by atoms with Crippen LogP contribution in [0.5, 0.6) is 0 Å². The van der Waals surface area contributed by atoms with Crippen LogP contribution in [0, 0.1) is 18.7 Å². The van der Waals surface area contributed by atoms with Crippen LogP contribution in [0.25, 0.3) is 0 Å². The van der Waals surface area contributed by atoms with Crippen molar-refractivity contribution in [2.24, 2.45) is 5.92 Å². The van der Waals surface area contributed by atoms with Crippen LogP contribution in [0.2, 0.25) is 0 Å². The van der Waals surface area contributed by atoms with E-state index in [-0.39, 0.29) is 17.8 Å². The zero-order valence-corrected chi connectivity index (χ0v) is 11.5. The zero-order chi connectivity index (χ0) is 13.8. The van der Waals surface area contributed by atoms with Gasteiger partial charge in [0, 0.05) is 5.69 Å². The molecule has 1 amide bonds. The maximum Gasteiger partial charge on any atom is 0.241 e. The standard InChI is InChI=1S/C15H21FN2O/c1-3-11-6-7-17-14(8-11)15(19)18-12-5-4-10(2)13(16)9-12/h4-5,9,11,14,17H,3,6-8H2,1-2H3,(H,18,19). The number of piperidine rings is 1. The molecule has 2 unspecified atom stereocenters. The maximum atomic E-state index is 13.4. The first kappa shape index (κ1) is 14.0. The molecular formula is C15H21FN2O. The van der Waals surface area contributed by atoms with Crippen LogP contribution in [0.4, 0.5) is 10.1 Å². The van der Waals surface area contributed by atoms with Gasteiger partial charge in [-0.05, 0) is 49.9 Å². The minimum atomic E-state index is -0.291. The van der Waals surface area contributed by atoms with Gasteiger partial charge in [-0.3, -0.25) is 4.79 Å². The Morgan fingerprint density at radius 3 is 3.00 bits per heavy atom. The minimum absolute atomic E-state index is 0.0681. The number of rotatable bonds is 3. The van der Waals surface area contributed by atoms with Gasteiger partial charge in [0.05, 0.1) is 6.04 Å². The molecule has 1 aromatic carbocycles. The van der Waals surface area contributed by atoms with E-state index in [0.29, 0.717) is 17.2 Å². The third-order valence-corrected chi connectivity index (χ3v) is 3.85. The Kier molecular flexibility index (Phi) is 4.53. The molecule has 1 aromatic rings. The van der Waals surface area contributed by atoms with Crippen molar-refractivity contribution in [2.45, 2.75) is 39.2 Å². The average molecular weight is 264 g/mol. The minimum Gasteiger partial charge on any atom is -0.325 e. The second-order valence-electron chi connectivity index (χ2n) is 5.26. The molecule has 1 heterocycles. The van der Waals surface area contributed by atoms with E-state index in [1.165, 1.54) is 6.07 Å². The fraction of sp³-hybridized carbons (Fsp3) is 0.533. The van der Waals surface area contributed by atoms with Gasteiger partial charge >= 0.3 is 0 Å². The van der Waals surface area contributed by atoms with Crippen molar-refractivity contribution < 1.29 is 9.18 Å². The molecule has 2 N–H and O–H groups in total. The molecule has 1 saturated heterocycles. The first-order valence-electron chi connectivity index (χ1n) is 6.90. The number of halogens is 1. The van der Waals surface area contributed by atoms with Crippen LogP contribution in [-0.2, 0) is 4.79 Å². The Balaban J connectivity index is 1.98. The SMILES string of the molecule is CCC1CCNC(C(=O)Nc2ccc(C)c(F)c2)C1. The van der Waals surface area contributed by atoms with E-state index in [0.717, 1.165) is 25.8 Å². The quantitative estimate of drug-likeness (QED) is 0.881. The summed E-state index contributed by atoms with van der Waals surface area (Å²) in [4.78, 5) is 12.1. The summed E-state index contributed by atoms with van der Waals surface area (Å²) in [6.45, 7) is 4.73. The van der Waals surface area contributed by atoms with Gasteiger partial charge in [-0.15, -0.1) is 0 Å². The zero-order valence-electron chi connectivity index (χ0n) is 11.5. The second kappa shape index (κ2) is 6.15. The number of amides is 1. The lowest BCUT2D eigenvalue weighted by molar-refractivity contribution is -0.119. The molecule has 1 aliphatic rings. The smallest absolute Gasteiger partial charge is 0.241 e. The van der Waals surface area contributed by atoms with Crippen LogP contribution in [0.3, 0.4) is 0 Å². The van der Waals surface area contributed by atoms with E-state index < -0.39 is 0 Å². The lowest BCUT2D eigenvalue weighted by atomic mass is 9.90. The van der Waals surface area contributed by atoms with E-state index >= 15 is 0 Å². The summed E-state index contributed by atoms with van der Waals surface area (Å²) in [5.74, 6) is 0.244. The highest BCUT2D eigenvalue weighted by molar-refractivity contribution is 5.94. The number of carbonyl (C=O) groups excluding carboxylic acids is 1. The molecular weight excluding hydrogens is 243 g/mol. The number of nitrogens with one attached hydrogen (secondary N) is 2. The molecule has 104 valence electrons. The predicted molar refractivity (Wildman–Crippen MR) is 74.6 cm³/mol. The van der Waals surface area contributed by atoms with Crippen LogP contribution >= 0.6 is 0 Å². The Bertz CT molecular complexity index is 461. The van der Waals surface area contributed by atoms with Gasteiger partial charge in [0.1, 0.15) is 5.82 Å². The first-order chi connectivity index (χ1) is 9.10. The van der Waals surface area contributed by atoms with Crippen LogP contribution in [0.1, 0.15) is 31.7 Å². The van der Waals surface area contributed by atoms with Crippen molar-refractivity contribution in [1.82, 2.24) is 5.32 Å². The van der Waals surface area contributed by atoms with E-state index in [1.54, 1.807) is 19.1 Å². The van der Waals surface area contributed by atoms with Crippen molar-refractivity contribution in [3.63, 3.8) is 0 Å². The van der Waals surface area contributed by atoms with Crippen LogP contribution in [-0.4, -0.2) is 18.5 Å². The molecule has 0 saturated carbocycles. The predicted octanol–water partition coefficient (Wildman–Crippen LogP) is 2.85. The fourth-order valence-corrected chi connectivity index (χ4v) is 2.47. The highest BCUT2D eigenvalue weighted by Gasteiger charge is 2.25. The van der Waals surface area contributed by atoms with Crippen LogP contribution < -0.4 is 10.6 Å². The van der Waals surface area contributed by atoms with E-state index in [9.17, 15) is 9.18 Å². The van der Waals surface area contributed by atoms with Crippen LogP contribution in [0.15, 0.2) is 18.2 Å². The number of anilines is 1. The molecule has 1 aliphatic heterocycles. The molecule has 3 nitrogen and oxygen atoms in total. The number of benzene rings is 1. The number of hydrogen-bond acceptors (Lipinski definition) is 2. The molecule has 0 spiro atoms. The maximum absolute atomic E-state index is 13.4. The van der Waals surface area contributed by atoms with E-state index in [1.807, 2.05) is 0 Å². The topological polar surface area (TPSA) is 41.1 Å². The molecule has 2 rings (SSSR count). The van der Waals surface area contributed by atoms with E-state index in [4.69, 9.17) is 0 Å². The number of aryl methyl sites for hydroxylation is 1. The molecule has 19 heavy (non-hydrogen) atoms. The largest absolute Gasteiger partial charge is 0.325 e. The van der Waals surface area contributed by atoms with Crippen molar-refractivity contribution in [3.8, 4) is 0 Å². The van der Waals surface area contributed by atoms with Gasteiger partial charge < -0.3 is 10.6 Å². The summed E-state index contributed by atoms with van der Waals surface area (Å²) in [7, 11) is 0. The van der Waals surface area contributed by atoms with Gasteiger partial charge in [-0.1, -0.05) is 19.4 Å². The second-order valence-corrected chi connectivity index (χ2v) is 5.26. The van der Waals surface area contributed by atoms with Crippen molar-refractivity contribution in [2.75, 3.05) is 11.9 Å². The van der Waals surface area contributed by atoms with Gasteiger partial charge in [0.25, 0.3) is 0 Å². The molecule has 0 bridgehead atoms. The molecule has 2 atom stereocenters. The Morgan fingerprint density at radius 2 is 2.32 bits per heavy atom. The van der Waals surface area contributed by atoms with Crippen molar-refractivity contribution >= 4 is 11.6 Å². The highest BCUT2D eigenvalue weighted by atomic mass is 19.1. The Hall–Kier alpha value is -1.42. The summed E-state index contributed by atoms with van der Waals surface area (Å²) in [6.07, 6.45) is 3.08. The highest BCUT2D eigenvalue weighted by Crippen LogP contribution is 2.20. The lowest BCUT2D eigenvalue weighted by Crippen LogP contribution is -2.46. The molecule has 0 aromatic heterocycles. The Morgan fingerprint density at radius 1 is 1.53 bits per heavy atom. The van der Waals surface area contributed by atoms with Gasteiger partial charge in [-0.2, -0.15) is 0 Å². The monoisotopic (exact) mass is 264 g/mol. The average Bonchev–Trinajstić information content (AvgIpc) is 2.43. The van der Waals surface area contributed by atoms with Gasteiger partial charge in [0.15, 0.2) is 0 Å². The summed E-state index contributed by atoms with van der Waals surface area (Å²) >= 11 is 0. The Labute approximate surface area is 113 Å². The lowest BCUT2D eigenvalue weighted by Gasteiger charge is -2.28. The number of hydrogen-bond donors (Lipinski definition) is 2. The number of carbonyl (C=O) groups is 1. The third-order valence-electron chi connectivity index (χ3n) is 3.85. The molecule has 0 radical (unpaired) electrons. The third kappa shape index (κ3) is 3.53. The summed E-state index contributed by atoms with van der Waals surface area (Å²) in [6, 6.07) is 4.61. The molecule has 0 aliphatic carbocycles. The normalized spacial score (nSPS) is 23.1. The van der Waals surface area contributed by atoms with E-state index in [2.05, 4.69) is 17.6 Å². The molecule has 4 heteroatoms. The summed E-state index contributed by atoms with van der Waals surface area (Å²) < 4.78 is 13.4. The summed E-state index contributed by atoms with van der Waals surface area (Å²) in [5.41, 5.74) is 1.10. The molecule has 1 fully saturated rings.